The van der Waals surface area contributed by atoms with Crippen molar-refractivity contribution in [3.8, 4) is 34.6 Å². The number of esters is 2. The Hall–Kier alpha value is -14.7. The lowest BCUT2D eigenvalue weighted by molar-refractivity contribution is -0.172. The van der Waals surface area contributed by atoms with Gasteiger partial charge in [-0.15, -0.1) is 11.8 Å². The number of hydrogen-bond donors (Lipinski definition) is 12. The second-order valence-electron chi connectivity index (χ2n) is 38.9. The van der Waals surface area contributed by atoms with E-state index in [1.807, 2.05) is 0 Å². The second kappa shape index (κ2) is 43.5. The van der Waals surface area contributed by atoms with Crippen LogP contribution in [0.4, 0.5) is 48.9 Å². The predicted molar refractivity (Wildman–Crippen MR) is 524 cm³/mol. The van der Waals surface area contributed by atoms with Crippen molar-refractivity contribution in [1.29, 1.82) is 0 Å². The summed E-state index contributed by atoms with van der Waals surface area (Å²) in [6.45, 7) is 11.9. The number of cyclic esters (lactones) is 2. The Morgan fingerprint density at radius 1 is 0.571 bits per heavy atom. The van der Waals surface area contributed by atoms with E-state index in [1.54, 1.807) is 96.5 Å². The molecule has 13 N–H and O–H groups in total. The van der Waals surface area contributed by atoms with Crippen LogP contribution in [0.1, 0.15) is 210 Å². The fourth-order valence-electron chi connectivity index (χ4n) is 20.8. The molecule has 0 radical (unpaired) electrons. The van der Waals surface area contributed by atoms with E-state index in [-0.39, 0.29) is 117 Å². The minimum atomic E-state index is -4.97. The number of carbonyl (C=O) groups is 12. The molecule has 0 saturated heterocycles. The van der Waals surface area contributed by atoms with Gasteiger partial charge in [-0.3, -0.25) is 28.8 Å². The summed E-state index contributed by atoms with van der Waals surface area (Å²) >= 11 is 0. The molecule has 1 fully saturated rings. The highest BCUT2D eigenvalue weighted by Crippen LogP contribution is 2.54. The molecule has 0 spiro atoms. The zero-order chi connectivity index (χ0) is 105. The van der Waals surface area contributed by atoms with E-state index in [0.29, 0.717) is 149 Å². The first kappa shape index (κ1) is 105. The van der Waals surface area contributed by atoms with E-state index < -0.39 is 197 Å². The molecule has 4 aliphatic heterocycles. The molecule has 0 bridgehead atoms. The Bertz CT molecular complexity index is 6970. The number of rotatable bonds is 36. The summed E-state index contributed by atoms with van der Waals surface area (Å²) in [4.78, 5) is 199. The molecule has 4 aromatic heterocycles. The summed E-state index contributed by atoms with van der Waals surface area (Å²) in [5.74, 6) is -0.267. The quantitative estimate of drug-likeness (QED) is 0.00752. The molecule has 8 aromatic rings. The maximum atomic E-state index is 16.1. The molecule has 16 rings (SSSR count). The van der Waals surface area contributed by atoms with Gasteiger partial charge in [0.15, 0.2) is 11.2 Å². The highest BCUT2D eigenvalue weighted by atomic mass is 32.2. The van der Waals surface area contributed by atoms with E-state index >= 15 is 8.78 Å². The highest BCUT2D eigenvalue weighted by Gasteiger charge is 2.52. The zero-order valence-electron chi connectivity index (χ0n) is 82.7. The number of aromatic nitrogens is 4. The number of unbranched alkanes of at least 4 members (excludes halogenated alkanes) is 2. The minimum absolute atomic E-state index is 0.0154. The third kappa shape index (κ3) is 21.9. The number of alkyl carbamates (subject to hydrolysis) is 4. The largest absolute Gasteiger partial charge is 0.458 e. The molecule has 780 valence electrons. The summed E-state index contributed by atoms with van der Waals surface area (Å²) in [6, 6.07) is 12.2. The fourth-order valence-corrected chi connectivity index (χ4v) is 21.8. The van der Waals surface area contributed by atoms with Crippen molar-refractivity contribution in [2.24, 2.45) is 41.2 Å². The van der Waals surface area contributed by atoms with Gasteiger partial charge in [-0.1, -0.05) is 65.8 Å². The van der Waals surface area contributed by atoms with E-state index in [2.05, 4.69) is 54.4 Å². The number of pyridine rings is 4. The number of aliphatic hydroxyl groups is 2. The lowest BCUT2D eigenvalue weighted by Gasteiger charge is -2.33. The van der Waals surface area contributed by atoms with Crippen LogP contribution < -0.4 is 64.1 Å². The predicted octanol–water partition coefficient (Wildman–Crippen LogP) is 9.53. The third-order valence-electron chi connectivity index (χ3n) is 29.0. The van der Waals surface area contributed by atoms with Crippen molar-refractivity contribution in [3.05, 3.63) is 183 Å². The monoisotopic (exact) mass is 2050 g/mol. The number of benzene rings is 4. The molecule has 8 aliphatic rings. The van der Waals surface area contributed by atoms with Crippen LogP contribution in [0.15, 0.2) is 82.4 Å². The van der Waals surface area contributed by atoms with E-state index in [1.165, 1.54) is 59.4 Å². The van der Waals surface area contributed by atoms with Crippen molar-refractivity contribution >= 4 is 116 Å². The molecule has 1 saturated carbocycles. The molecule has 4 aromatic carbocycles. The Balaban J connectivity index is 0.507. The van der Waals surface area contributed by atoms with Crippen molar-refractivity contribution in [1.82, 2.24) is 60.0 Å². The normalized spacial score (nSPS) is 19.8. The number of nitrogens with one attached hydrogen (secondary N) is 9. The van der Waals surface area contributed by atoms with Crippen molar-refractivity contribution in [2.45, 2.75) is 233 Å². The number of anilines is 2. The lowest BCUT2D eigenvalue weighted by Crippen LogP contribution is -2.54. The number of amides is 10. The molecule has 4 aliphatic carbocycles. The Kier molecular flexibility index (Phi) is 31.1. The van der Waals surface area contributed by atoms with Gasteiger partial charge in [-0.25, -0.2) is 61.8 Å². The van der Waals surface area contributed by atoms with Gasteiger partial charge in [0, 0.05) is 94.9 Å². The molecule has 12 atom stereocenters. The third-order valence-corrected chi connectivity index (χ3v) is 30.5. The minimum Gasteiger partial charge on any atom is -0.458 e. The van der Waals surface area contributed by atoms with E-state index in [0.717, 1.165) is 25.7 Å². The number of nitrogens with zero attached hydrogens (tertiary/aromatic N) is 5. The van der Waals surface area contributed by atoms with Crippen LogP contribution >= 0.6 is 0 Å². The van der Waals surface area contributed by atoms with Gasteiger partial charge in [-0.05, 0) is 209 Å². The first-order chi connectivity index (χ1) is 70.1. The van der Waals surface area contributed by atoms with Gasteiger partial charge in [0.25, 0.3) is 11.1 Å². The Morgan fingerprint density at radius 3 is 1.61 bits per heavy atom. The first-order valence-electron chi connectivity index (χ1n) is 49.2. The van der Waals surface area contributed by atoms with Crippen LogP contribution in [0.3, 0.4) is 0 Å². The number of halogens is 2. The summed E-state index contributed by atoms with van der Waals surface area (Å²) < 4.78 is 109. The molecular weight excluding hydrogens is 1930 g/mol. The van der Waals surface area contributed by atoms with Gasteiger partial charge in [-0.2, -0.15) is 12.7 Å². The molecule has 44 heteroatoms. The average Bonchev–Trinajstić information content (AvgIpc) is 1.55. The zero-order valence-corrected chi connectivity index (χ0v) is 83.5. The van der Waals surface area contributed by atoms with Gasteiger partial charge < -0.3 is 106 Å². The number of nitrogens with two attached hydrogens (primary N) is 1. The second-order valence-corrected chi connectivity index (χ2v) is 40.6. The van der Waals surface area contributed by atoms with Gasteiger partial charge >= 0.3 is 58.7 Å². The van der Waals surface area contributed by atoms with E-state index in [4.69, 9.17) is 53.6 Å². The maximum absolute atomic E-state index is 16.1. The lowest BCUT2D eigenvalue weighted by atomic mass is 9.75. The first-order valence-corrected chi connectivity index (χ1v) is 50.6. The van der Waals surface area contributed by atoms with Crippen LogP contribution in [-0.4, -0.2) is 184 Å². The van der Waals surface area contributed by atoms with Crippen LogP contribution in [0.2, 0.25) is 0 Å². The number of fused-ring (bicyclic) bond motifs is 11. The topological polar surface area (TPSA) is 561 Å². The SMILES string of the molecule is CC[C@@]1(O)C(=O)OCc2c1cc1n(c2=O)Cc2c-1nc1cc(F)c(C)c3c1c2CC(C(OC(N)=O)c1ccc(NC(=O)[C@H](C)NC(=O)[C@@H](NC(=O)OCCN(CCOC(=O)N[C@H](C(=O)N[C@@H](C)C(=O)Nc2ccc(COC(=O)N[C@H]4CCc5c(C)c(F)cc6nc7c(c4c56)Cn4c-7cc5c(c4=O)COC(=O)[C@]5(O)CC)cc2)C(C)C)S(=O)(=O)NC(=O)OCCCCCNC(=O)OCC2[C@H]4CCC#CCC[C@@H]24)C(C)C)cc1)C3. The molecule has 8 heterocycles. The number of hydrogen-bond acceptors (Lipinski definition) is 28. The summed E-state index contributed by atoms with van der Waals surface area (Å²) in [5.41, 5.74) is 8.80. The number of aryl methyl sites for hydroxylation is 1. The molecule has 41 nitrogen and oxygen atoms in total. The summed E-state index contributed by atoms with van der Waals surface area (Å²) in [6.07, 6.45) is -1.80. The van der Waals surface area contributed by atoms with Gasteiger partial charge in [0.2, 0.25) is 23.6 Å². The van der Waals surface area contributed by atoms with Crippen molar-refractivity contribution < 1.29 is 123 Å². The molecule has 147 heavy (non-hydrogen) atoms. The van der Waals surface area contributed by atoms with E-state index in [9.17, 15) is 85.8 Å². The number of ether oxygens (including phenoxy) is 8. The standard InChI is InChI=1S/C103H117F2N15O26S/c1-11-102(135)71-40-78-85-66(44-119(78)92(125)69(71)48-142-94(102)127)65-39-58(38-64-53(8)74(105)42-76(112-85)80(64)65)87(146-96(106)129)57-24-28-60(29-25-57)111-89(122)55(10)109-91(124)84(51(5)6)116-100(133)141-37-34-118(147(137,138)117-101(134)139-35-19-15-18-32-107-97(130)145-47-68-62-20-16-13-14-17-21-63(62)68)33-36-140-99(132)115-83(50(3)4)90(123)108-54(9)88(121)110-59-26-22-56(23-27-59)46-144-98(131)114-75-31-30-61-52(7)73(104)43-77-81(61)82(75)67-45-120-79(86(67)113-77)41-72-70(93(120)126)49-143-95(128)103(72,136)12-2/h22-29,40-43,50-51,54-55,58,62-63,68,75,83-84,87,135-136H,11-12,15-21,30-39,44-49H2,1-10H3,(H2,106,129)(H,107,130)(H,108,123)(H,109,124)(H,110,121)(H,111,122)(H,114,131)(H,115,132)(H,116,133)(H,117,134)/t54-,55-,58?,62-,63+,68?,75-,83-,84-,87?,102-,103-/m0/s1. The van der Waals surface area contributed by atoms with Crippen LogP contribution in [0.25, 0.3) is 44.6 Å². The average molecular weight is 2050 g/mol. The summed E-state index contributed by atoms with van der Waals surface area (Å²) in [7, 11) is -4.97. The smallest absolute Gasteiger partial charge is 0.421 e. The molecule has 3 unspecified atom stereocenters. The van der Waals surface area contributed by atoms with Crippen LogP contribution in [0, 0.1) is 72.8 Å². The fraction of sp³-hybridized carbons (Fsp3) is 0.476. The highest BCUT2D eigenvalue weighted by molar-refractivity contribution is 7.87. The molecular formula is C103H117F2N15O26S. The van der Waals surface area contributed by atoms with Crippen LogP contribution in [-0.2, 0) is 140 Å². The van der Waals surface area contributed by atoms with Crippen LogP contribution in [0.5, 0.6) is 0 Å². The van der Waals surface area contributed by atoms with Gasteiger partial charge in [0.05, 0.1) is 77.3 Å². The Labute approximate surface area is 842 Å². The van der Waals surface area contributed by atoms with Gasteiger partial charge in [0.1, 0.15) is 74.9 Å². The summed E-state index contributed by atoms with van der Waals surface area (Å²) in [5, 5.41) is 45.4. The van der Waals surface area contributed by atoms with Crippen molar-refractivity contribution in [3.63, 3.8) is 0 Å². The molecule has 10 amide bonds. The van der Waals surface area contributed by atoms with Crippen molar-refractivity contribution in [2.75, 3.05) is 56.7 Å². The Morgan fingerprint density at radius 2 is 1.07 bits per heavy atom. The number of primary amides is 1. The number of carbonyl (C=O) groups excluding carboxylic acids is 12. The maximum Gasteiger partial charge on any atom is 0.421 e.